The normalized spacial score (nSPS) is 11.6. The molecule has 268 valence electrons. The molecule has 0 spiro atoms. The maximum absolute atomic E-state index is 14.5. The van der Waals surface area contributed by atoms with E-state index in [1.165, 1.54) is 22.9 Å². The minimum atomic E-state index is -0.290. The summed E-state index contributed by atoms with van der Waals surface area (Å²) in [5, 5.41) is 4.70. The van der Waals surface area contributed by atoms with Gasteiger partial charge in [0.15, 0.2) is 17.5 Å². The van der Waals surface area contributed by atoms with Gasteiger partial charge in [0.25, 0.3) is 0 Å². The van der Waals surface area contributed by atoms with Crippen LogP contribution in [-0.4, -0.2) is 24.1 Å². The number of aromatic nitrogens is 5. The van der Waals surface area contributed by atoms with E-state index in [-0.39, 0.29) is 5.82 Å². The van der Waals surface area contributed by atoms with Crippen molar-refractivity contribution >= 4 is 43.6 Å². The Morgan fingerprint density at radius 2 is 0.807 bits per heavy atom. The first-order valence-electron chi connectivity index (χ1n) is 19.0. The number of benzene rings is 8. The Morgan fingerprint density at radius 1 is 0.333 bits per heavy atom. The molecule has 6 heteroatoms. The highest BCUT2D eigenvalue weighted by Gasteiger charge is 2.21. The summed E-state index contributed by atoms with van der Waals surface area (Å²) in [6.45, 7) is 0. The number of halogens is 1. The van der Waals surface area contributed by atoms with E-state index in [2.05, 4.69) is 118 Å². The second kappa shape index (κ2) is 13.3. The summed E-state index contributed by atoms with van der Waals surface area (Å²) in [6, 6.07) is 65.4. The Hall–Kier alpha value is -7.70. The number of hydrogen-bond acceptors (Lipinski definition) is 3. The molecule has 0 fully saturated rings. The Morgan fingerprint density at radius 3 is 1.40 bits per heavy atom. The molecule has 0 amide bonds. The van der Waals surface area contributed by atoms with E-state index in [1.54, 1.807) is 0 Å². The van der Waals surface area contributed by atoms with E-state index in [0.717, 1.165) is 72.0 Å². The maximum atomic E-state index is 14.5. The number of rotatable bonds is 6. The minimum Gasteiger partial charge on any atom is -0.309 e. The van der Waals surface area contributed by atoms with Gasteiger partial charge in [-0.15, -0.1) is 0 Å². The SMILES string of the molecule is Fc1ccc(-c2cc(-c3nc(-c4ccccc4)nc(-c4ccccc4)n3)ccc2-n2c3ccccc3c3cc4c5ccccc5n(-c5ccccc5)c4cc32)cc1. The third-order valence-corrected chi connectivity index (χ3v) is 10.8. The summed E-state index contributed by atoms with van der Waals surface area (Å²) in [4.78, 5) is 15.0. The third-order valence-electron chi connectivity index (χ3n) is 10.8. The van der Waals surface area contributed by atoms with Gasteiger partial charge in [0.1, 0.15) is 5.82 Å². The molecule has 0 aliphatic heterocycles. The highest BCUT2D eigenvalue weighted by atomic mass is 19.1. The van der Waals surface area contributed by atoms with Crippen LogP contribution in [-0.2, 0) is 0 Å². The maximum Gasteiger partial charge on any atom is 0.164 e. The highest BCUT2D eigenvalue weighted by Crippen LogP contribution is 2.42. The van der Waals surface area contributed by atoms with Gasteiger partial charge in [-0.1, -0.05) is 127 Å². The van der Waals surface area contributed by atoms with Crippen molar-refractivity contribution in [3.8, 4) is 56.7 Å². The van der Waals surface area contributed by atoms with Gasteiger partial charge >= 0.3 is 0 Å². The zero-order chi connectivity index (χ0) is 37.9. The first kappa shape index (κ1) is 32.7. The molecule has 0 saturated heterocycles. The van der Waals surface area contributed by atoms with E-state index in [1.807, 2.05) is 72.8 Å². The van der Waals surface area contributed by atoms with Crippen molar-refractivity contribution in [1.82, 2.24) is 24.1 Å². The van der Waals surface area contributed by atoms with Gasteiger partial charge in [-0.2, -0.15) is 0 Å². The molecule has 0 radical (unpaired) electrons. The van der Waals surface area contributed by atoms with Crippen LogP contribution in [0.15, 0.2) is 194 Å². The molecule has 0 saturated carbocycles. The number of hydrogen-bond donors (Lipinski definition) is 0. The van der Waals surface area contributed by atoms with Crippen LogP contribution in [0.1, 0.15) is 0 Å². The molecule has 11 aromatic rings. The molecule has 0 bridgehead atoms. The van der Waals surface area contributed by atoms with Crippen LogP contribution in [0, 0.1) is 5.82 Å². The second-order valence-corrected chi connectivity index (χ2v) is 14.2. The summed E-state index contributed by atoms with van der Waals surface area (Å²) in [5.41, 5.74) is 10.9. The third kappa shape index (κ3) is 5.49. The first-order valence-corrected chi connectivity index (χ1v) is 19.0. The number of nitrogens with zero attached hydrogens (tertiary/aromatic N) is 5. The van der Waals surface area contributed by atoms with Crippen LogP contribution < -0.4 is 0 Å². The molecule has 11 rings (SSSR count). The molecule has 8 aromatic carbocycles. The van der Waals surface area contributed by atoms with Gasteiger partial charge in [0.05, 0.1) is 27.8 Å². The van der Waals surface area contributed by atoms with Crippen molar-refractivity contribution in [3.63, 3.8) is 0 Å². The Balaban J connectivity index is 1.19. The molecule has 3 aromatic heterocycles. The van der Waals surface area contributed by atoms with Crippen LogP contribution in [0.5, 0.6) is 0 Å². The van der Waals surface area contributed by atoms with Crippen molar-refractivity contribution < 1.29 is 4.39 Å². The molecule has 3 heterocycles. The fraction of sp³-hybridized carbons (Fsp3) is 0. The van der Waals surface area contributed by atoms with Crippen molar-refractivity contribution in [2.75, 3.05) is 0 Å². The molecule has 0 N–H and O–H groups in total. The van der Waals surface area contributed by atoms with Crippen molar-refractivity contribution in [3.05, 3.63) is 200 Å². The first-order chi connectivity index (χ1) is 28.2. The van der Waals surface area contributed by atoms with E-state index < -0.39 is 0 Å². The smallest absolute Gasteiger partial charge is 0.164 e. The number of fused-ring (bicyclic) bond motifs is 6. The predicted molar refractivity (Wildman–Crippen MR) is 230 cm³/mol. The second-order valence-electron chi connectivity index (χ2n) is 14.2. The van der Waals surface area contributed by atoms with Crippen LogP contribution in [0.2, 0.25) is 0 Å². The molecular formula is C51H32FN5. The van der Waals surface area contributed by atoms with Crippen LogP contribution >= 0.6 is 0 Å². The van der Waals surface area contributed by atoms with Crippen LogP contribution in [0.25, 0.3) is 100 Å². The molecule has 0 atom stereocenters. The van der Waals surface area contributed by atoms with Crippen molar-refractivity contribution in [2.45, 2.75) is 0 Å². The average molecular weight is 734 g/mol. The van der Waals surface area contributed by atoms with E-state index >= 15 is 0 Å². The van der Waals surface area contributed by atoms with E-state index in [0.29, 0.717) is 17.5 Å². The van der Waals surface area contributed by atoms with Gasteiger partial charge in [-0.3, -0.25) is 0 Å². The van der Waals surface area contributed by atoms with Crippen molar-refractivity contribution in [2.24, 2.45) is 0 Å². The molecule has 5 nitrogen and oxygen atoms in total. The monoisotopic (exact) mass is 733 g/mol. The number of para-hydroxylation sites is 3. The van der Waals surface area contributed by atoms with Gasteiger partial charge in [0.2, 0.25) is 0 Å². The molecule has 57 heavy (non-hydrogen) atoms. The average Bonchev–Trinajstić information content (AvgIpc) is 3.78. The largest absolute Gasteiger partial charge is 0.309 e. The van der Waals surface area contributed by atoms with E-state index in [4.69, 9.17) is 15.0 Å². The topological polar surface area (TPSA) is 48.5 Å². The molecule has 0 aliphatic carbocycles. The van der Waals surface area contributed by atoms with Crippen LogP contribution in [0.4, 0.5) is 4.39 Å². The van der Waals surface area contributed by atoms with Gasteiger partial charge in [-0.05, 0) is 72.3 Å². The minimum absolute atomic E-state index is 0.290. The zero-order valence-corrected chi connectivity index (χ0v) is 30.6. The predicted octanol–water partition coefficient (Wildman–Crippen LogP) is 12.9. The summed E-state index contributed by atoms with van der Waals surface area (Å²) < 4.78 is 19.2. The summed E-state index contributed by atoms with van der Waals surface area (Å²) in [6.07, 6.45) is 0. The fourth-order valence-electron chi connectivity index (χ4n) is 8.21. The summed E-state index contributed by atoms with van der Waals surface area (Å²) >= 11 is 0. The zero-order valence-electron chi connectivity index (χ0n) is 30.6. The molecular weight excluding hydrogens is 702 g/mol. The molecule has 0 unspecified atom stereocenters. The quantitative estimate of drug-likeness (QED) is 0.171. The van der Waals surface area contributed by atoms with Gasteiger partial charge in [0, 0.05) is 49.5 Å². The molecule has 0 aliphatic rings. The lowest BCUT2D eigenvalue weighted by Gasteiger charge is -2.16. The lowest BCUT2D eigenvalue weighted by atomic mass is 9.99. The van der Waals surface area contributed by atoms with Gasteiger partial charge < -0.3 is 9.13 Å². The fourth-order valence-corrected chi connectivity index (χ4v) is 8.21. The Kier molecular flexibility index (Phi) is 7.60. The van der Waals surface area contributed by atoms with E-state index in [9.17, 15) is 4.39 Å². The lowest BCUT2D eigenvalue weighted by molar-refractivity contribution is 0.628. The Labute approximate surface area is 327 Å². The summed E-state index contributed by atoms with van der Waals surface area (Å²) in [5.74, 6) is 1.44. The van der Waals surface area contributed by atoms with Gasteiger partial charge in [-0.25, -0.2) is 19.3 Å². The standard InChI is InChI=1S/C51H32FN5/c52-37-27-24-33(25-28-37)41-30-36(51-54-49(34-14-4-1-5-15-34)53-50(55-51)35-16-6-2-7-17-35)26-29-46(41)57-45-23-13-11-21-40(45)43-31-42-39-20-10-12-22-44(39)56(47(42)32-48(43)57)38-18-8-3-9-19-38/h1-32H. The lowest BCUT2D eigenvalue weighted by Crippen LogP contribution is -2.02. The highest BCUT2D eigenvalue weighted by molar-refractivity contribution is 6.19. The Bertz CT molecular complexity index is 3220. The summed E-state index contributed by atoms with van der Waals surface area (Å²) in [7, 11) is 0. The van der Waals surface area contributed by atoms with Crippen molar-refractivity contribution in [1.29, 1.82) is 0 Å². The van der Waals surface area contributed by atoms with Crippen LogP contribution in [0.3, 0.4) is 0 Å².